The largest absolute Gasteiger partial charge is 0.352 e. The van der Waals surface area contributed by atoms with Gasteiger partial charge in [0.1, 0.15) is 12.7 Å². The second-order valence-corrected chi connectivity index (χ2v) is 8.00. The van der Waals surface area contributed by atoms with Crippen LogP contribution in [0.3, 0.4) is 0 Å². The van der Waals surface area contributed by atoms with Crippen molar-refractivity contribution in [2.45, 2.75) is 53.0 Å². The monoisotopic (exact) mass is 341 g/mol. The molecule has 0 spiro atoms. The molecule has 1 fully saturated rings. The number of nitrogens with zero attached hydrogens (tertiary/aromatic N) is 4. The molecule has 1 N–H and O–H groups in total. The van der Waals surface area contributed by atoms with Crippen LogP contribution in [0, 0.1) is 17.3 Å². The van der Waals surface area contributed by atoms with Crippen molar-refractivity contribution in [3.8, 4) is 5.82 Å². The van der Waals surface area contributed by atoms with Crippen LogP contribution in [0.2, 0.25) is 0 Å². The van der Waals surface area contributed by atoms with Crippen LogP contribution in [0.5, 0.6) is 0 Å². The van der Waals surface area contributed by atoms with E-state index in [0.717, 1.165) is 37.2 Å². The third kappa shape index (κ3) is 4.44. The van der Waals surface area contributed by atoms with Crippen LogP contribution in [0.15, 0.2) is 31.0 Å². The van der Waals surface area contributed by atoms with Gasteiger partial charge in [-0.25, -0.2) is 14.6 Å². The minimum Gasteiger partial charge on any atom is -0.352 e. The van der Waals surface area contributed by atoms with E-state index in [1.807, 2.05) is 12.1 Å². The summed E-state index contributed by atoms with van der Waals surface area (Å²) in [7, 11) is 0. The molecule has 6 heteroatoms. The summed E-state index contributed by atoms with van der Waals surface area (Å²) in [6.45, 7) is 7.42. The standard InChI is InChI=1S/C19H27N5O/c1-19(2,3)16-7-5-15(6-8-16)18(25)22-11-14-4-9-17(21-10-14)24-13-20-12-23-24/h4,9-10,12-13,15-16H,5-8,11H2,1-3H3,(H,22,25). The maximum Gasteiger partial charge on any atom is 0.223 e. The van der Waals surface area contributed by atoms with E-state index in [1.54, 1.807) is 17.2 Å². The summed E-state index contributed by atoms with van der Waals surface area (Å²) >= 11 is 0. The average molecular weight is 341 g/mol. The van der Waals surface area contributed by atoms with Crippen molar-refractivity contribution in [3.63, 3.8) is 0 Å². The fourth-order valence-corrected chi connectivity index (χ4v) is 3.54. The Morgan fingerprint density at radius 3 is 2.56 bits per heavy atom. The van der Waals surface area contributed by atoms with Gasteiger partial charge in [0.15, 0.2) is 5.82 Å². The molecule has 3 rings (SSSR count). The minimum atomic E-state index is 0.154. The summed E-state index contributed by atoms with van der Waals surface area (Å²) in [5.74, 6) is 1.77. The SMILES string of the molecule is CC(C)(C)C1CCC(C(=O)NCc2ccc(-n3cncn3)nc2)CC1. The van der Waals surface area contributed by atoms with E-state index in [4.69, 9.17) is 0 Å². The summed E-state index contributed by atoms with van der Waals surface area (Å²) in [5.41, 5.74) is 1.33. The van der Waals surface area contributed by atoms with Gasteiger partial charge < -0.3 is 5.32 Å². The molecule has 0 unspecified atom stereocenters. The Balaban J connectivity index is 1.48. The van der Waals surface area contributed by atoms with E-state index >= 15 is 0 Å². The van der Waals surface area contributed by atoms with Gasteiger partial charge >= 0.3 is 0 Å². The van der Waals surface area contributed by atoms with Crippen molar-refractivity contribution < 1.29 is 4.79 Å². The molecule has 0 bridgehead atoms. The minimum absolute atomic E-state index is 0.154. The summed E-state index contributed by atoms with van der Waals surface area (Å²) < 4.78 is 1.61. The lowest BCUT2D eigenvalue weighted by Gasteiger charge is -2.36. The van der Waals surface area contributed by atoms with Gasteiger partial charge in [0.2, 0.25) is 5.91 Å². The lowest BCUT2D eigenvalue weighted by molar-refractivity contribution is -0.126. The Morgan fingerprint density at radius 1 is 1.24 bits per heavy atom. The molecule has 134 valence electrons. The summed E-state index contributed by atoms with van der Waals surface area (Å²) in [4.78, 5) is 20.7. The van der Waals surface area contributed by atoms with Gasteiger partial charge in [0.05, 0.1) is 0 Å². The maximum atomic E-state index is 12.4. The van der Waals surface area contributed by atoms with Crippen LogP contribution in [0.25, 0.3) is 5.82 Å². The summed E-state index contributed by atoms with van der Waals surface area (Å²) in [6, 6.07) is 3.84. The van der Waals surface area contributed by atoms with Crippen molar-refractivity contribution in [1.82, 2.24) is 25.1 Å². The molecule has 1 aliphatic rings. The van der Waals surface area contributed by atoms with E-state index in [-0.39, 0.29) is 11.8 Å². The molecule has 1 amide bonds. The van der Waals surface area contributed by atoms with E-state index < -0.39 is 0 Å². The predicted molar refractivity (Wildman–Crippen MR) is 95.9 cm³/mol. The molecule has 0 atom stereocenters. The Morgan fingerprint density at radius 2 is 2.00 bits per heavy atom. The first-order valence-corrected chi connectivity index (χ1v) is 9.01. The normalized spacial score (nSPS) is 21.1. The number of pyridine rings is 1. The van der Waals surface area contributed by atoms with Gasteiger partial charge in [-0.1, -0.05) is 26.8 Å². The molecule has 1 saturated carbocycles. The molecule has 6 nitrogen and oxygen atoms in total. The Kier molecular flexibility index (Phi) is 5.16. The zero-order chi connectivity index (χ0) is 17.9. The zero-order valence-electron chi connectivity index (χ0n) is 15.3. The van der Waals surface area contributed by atoms with Crippen LogP contribution in [0.4, 0.5) is 0 Å². The topological polar surface area (TPSA) is 72.7 Å². The molecule has 0 saturated heterocycles. The van der Waals surface area contributed by atoms with E-state index in [0.29, 0.717) is 17.8 Å². The molecule has 0 aromatic carbocycles. The van der Waals surface area contributed by atoms with Crippen molar-refractivity contribution in [3.05, 3.63) is 36.5 Å². The van der Waals surface area contributed by atoms with Crippen molar-refractivity contribution >= 4 is 5.91 Å². The maximum absolute atomic E-state index is 12.4. The van der Waals surface area contributed by atoms with Gasteiger partial charge in [-0.15, -0.1) is 0 Å². The molecule has 2 aromatic rings. The number of hydrogen-bond donors (Lipinski definition) is 1. The van der Waals surface area contributed by atoms with Crippen molar-refractivity contribution in [2.24, 2.45) is 17.3 Å². The van der Waals surface area contributed by atoms with Crippen molar-refractivity contribution in [2.75, 3.05) is 0 Å². The molecular formula is C19H27N5O. The molecule has 0 aliphatic heterocycles. The number of nitrogens with one attached hydrogen (secondary N) is 1. The molecule has 2 heterocycles. The van der Waals surface area contributed by atoms with Gasteiger partial charge in [-0.3, -0.25) is 4.79 Å². The zero-order valence-corrected chi connectivity index (χ0v) is 15.3. The second-order valence-electron chi connectivity index (χ2n) is 8.00. The molecule has 0 radical (unpaired) electrons. The number of rotatable bonds is 4. The molecular weight excluding hydrogens is 314 g/mol. The fraction of sp³-hybridized carbons (Fsp3) is 0.579. The van der Waals surface area contributed by atoms with Gasteiger partial charge in [0.25, 0.3) is 0 Å². The highest BCUT2D eigenvalue weighted by molar-refractivity contribution is 5.78. The lowest BCUT2D eigenvalue weighted by Crippen LogP contribution is -2.35. The third-order valence-electron chi connectivity index (χ3n) is 5.25. The van der Waals surface area contributed by atoms with Gasteiger partial charge in [-0.05, 0) is 48.6 Å². The quantitative estimate of drug-likeness (QED) is 0.927. The number of hydrogen-bond acceptors (Lipinski definition) is 4. The van der Waals surface area contributed by atoms with Gasteiger partial charge in [0, 0.05) is 18.7 Å². The van der Waals surface area contributed by atoms with Crippen LogP contribution in [-0.4, -0.2) is 25.7 Å². The lowest BCUT2D eigenvalue weighted by atomic mass is 9.69. The number of amides is 1. The second kappa shape index (κ2) is 7.33. The first-order valence-electron chi connectivity index (χ1n) is 9.01. The van der Waals surface area contributed by atoms with Crippen LogP contribution >= 0.6 is 0 Å². The Labute approximate surface area is 149 Å². The first-order chi connectivity index (χ1) is 11.9. The molecule has 2 aromatic heterocycles. The number of carbonyl (C=O) groups excluding carboxylic acids is 1. The van der Waals surface area contributed by atoms with Crippen LogP contribution in [0.1, 0.15) is 52.0 Å². The van der Waals surface area contributed by atoms with Crippen LogP contribution < -0.4 is 5.32 Å². The van der Waals surface area contributed by atoms with E-state index in [2.05, 4.69) is 41.2 Å². The highest BCUT2D eigenvalue weighted by atomic mass is 16.1. The van der Waals surface area contributed by atoms with E-state index in [9.17, 15) is 4.79 Å². The Bertz CT molecular complexity index is 680. The smallest absolute Gasteiger partial charge is 0.223 e. The van der Waals surface area contributed by atoms with Crippen molar-refractivity contribution in [1.29, 1.82) is 0 Å². The predicted octanol–water partition coefficient (Wildman–Crippen LogP) is 3.13. The highest BCUT2D eigenvalue weighted by Crippen LogP contribution is 2.39. The summed E-state index contributed by atoms with van der Waals surface area (Å²) in [5, 5.41) is 7.11. The molecule has 1 aliphatic carbocycles. The third-order valence-corrected chi connectivity index (χ3v) is 5.25. The highest BCUT2D eigenvalue weighted by Gasteiger charge is 2.32. The molecule has 25 heavy (non-hydrogen) atoms. The summed E-state index contributed by atoms with van der Waals surface area (Å²) in [6.07, 6.45) is 9.15. The Hall–Kier alpha value is -2.24. The van der Waals surface area contributed by atoms with E-state index in [1.165, 1.54) is 6.33 Å². The number of carbonyl (C=O) groups is 1. The van der Waals surface area contributed by atoms with Gasteiger partial charge in [-0.2, -0.15) is 5.10 Å². The number of aromatic nitrogens is 4. The first kappa shape index (κ1) is 17.6. The average Bonchev–Trinajstić information content (AvgIpc) is 3.14. The fourth-order valence-electron chi connectivity index (χ4n) is 3.54. The van der Waals surface area contributed by atoms with Crippen LogP contribution in [-0.2, 0) is 11.3 Å².